The van der Waals surface area contributed by atoms with Gasteiger partial charge in [0.2, 0.25) is 11.9 Å². The number of hydrogen-bond donors (Lipinski definition) is 3. The van der Waals surface area contributed by atoms with Crippen LogP contribution in [-0.2, 0) is 21.4 Å². The maximum absolute atomic E-state index is 12.5. The molecule has 4 rings (SSSR count). The van der Waals surface area contributed by atoms with Crippen LogP contribution in [0.1, 0.15) is 16.2 Å². The fourth-order valence-electron chi connectivity index (χ4n) is 2.95. The number of para-hydroxylation sites is 1. The van der Waals surface area contributed by atoms with Crippen molar-refractivity contribution in [1.29, 1.82) is 0 Å². The Morgan fingerprint density at radius 2 is 1.53 bits per heavy atom. The highest BCUT2D eigenvalue weighted by Gasteiger charge is 2.16. The van der Waals surface area contributed by atoms with Gasteiger partial charge in [-0.2, -0.15) is 15.0 Å². The van der Waals surface area contributed by atoms with E-state index in [1.165, 1.54) is 30.3 Å². The van der Waals surface area contributed by atoms with Gasteiger partial charge in [0.05, 0.1) is 10.5 Å². The number of hydrogen-bond acceptors (Lipinski definition) is 9. The third-order valence-corrected chi connectivity index (χ3v) is 5.86. The van der Waals surface area contributed by atoms with Crippen LogP contribution in [0.5, 0.6) is 0 Å². The van der Waals surface area contributed by atoms with E-state index >= 15 is 0 Å². The van der Waals surface area contributed by atoms with Crippen molar-refractivity contribution in [3.05, 3.63) is 96.3 Å². The molecule has 0 radical (unpaired) electrons. The number of nitrogens with zero attached hydrogens (tertiary/aromatic N) is 3. The molecule has 0 saturated heterocycles. The number of carbonyl (C=O) groups excluding carboxylic acids is 1. The number of rotatable bonds is 8. The van der Waals surface area contributed by atoms with Gasteiger partial charge in [0.25, 0.3) is 10.0 Å². The SMILES string of the molecule is Nc1nc(COC(=O)c2cccc(NS(=O)(=O)c3ccccc3)c2)nc(Nc2ccccc2)n1. The Hall–Kier alpha value is -4.51. The monoisotopic (exact) mass is 476 g/mol. The van der Waals surface area contributed by atoms with E-state index in [-0.39, 0.29) is 40.5 Å². The molecule has 0 atom stereocenters. The summed E-state index contributed by atoms with van der Waals surface area (Å²) in [6, 6.07) is 23.1. The highest BCUT2D eigenvalue weighted by atomic mass is 32.2. The first kappa shape index (κ1) is 22.7. The summed E-state index contributed by atoms with van der Waals surface area (Å²) in [6.45, 7) is -0.255. The van der Waals surface area contributed by atoms with Crippen LogP contribution in [0.2, 0.25) is 0 Å². The molecule has 3 aromatic carbocycles. The van der Waals surface area contributed by atoms with Gasteiger partial charge in [0.15, 0.2) is 12.4 Å². The molecular formula is C23H20N6O4S. The second-order valence-electron chi connectivity index (χ2n) is 7.00. The number of nitrogens with two attached hydrogens (primary N) is 1. The number of nitrogens with one attached hydrogen (secondary N) is 2. The third-order valence-electron chi connectivity index (χ3n) is 4.47. The summed E-state index contributed by atoms with van der Waals surface area (Å²) in [7, 11) is -3.80. The fraction of sp³-hybridized carbons (Fsp3) is 0.0435. The minimum absolute atomic E-state index is 0.0307. The number of anilines is 4. The molecule has 0 fully saturated rings. The molecule has 0 aliphatic rings. The van der Waals surface area contributed by atoms with Crippen molar-refractivity contribution in [2.24, 2.45) is 0 Å². The molecule has 4 aromatic rings. The molecule has 4 N–H and O–H groups in total. The minimum atomic E-state index is -3.80. The van der Waals surface area contributed by atoms with Gasteiger partial charge in [-0.15, -0.1) is 0 Å². The number of benzene rings is 3. The van der Waals surface area contributed by atoms with Gasteiger partial charge >= 0.3 is 5.97 Å². The zero-order chi connectivity index (χ0) is 24.0. The summed E-state index contributed by atoms with van der Waals surface area (Å²) in [5, 5.41) is 3.00. The lowest BCUT2D eigenvalue weighted by molar-refractivity contribution is 0.0462. The lowest BCUT2D eigenvalue weighted by Gasteiger charge is -2.10. The van der Waals surface area contributed by atoms with Crippen LogP contribution in [0.25, 0.3) is 0 Å². The summed E-state index contributed by atoms with van der Waals surface area (Å²) in [5.41, 5.74) is 6.88. The summed E-state index contributed by atoms with van der Waals surface area (Å²) in [5.74, 6) is -0.351. The number of ether oxygens (including phenoxy) is 1. The van der Waals surface area contributed by atoms with E-state index in [0.29, 0.717) is 0 Å². The van der Waals surface area contributed by atoms with Gasteiger partial charge in [-0.3, -0.25) is 4.72 Å². The molecule has 1 heterocycles. The molecule has 1 aromatic heterocycles. The molecule has 0 unspecified atom stereocenters. The molecule has 11 heteroatoms. The Morgan fingerprint density at radius 1 is 0.853 bits per heavy atom. The van der Waals surface area contributed by atoms with E-state index in [1.807, 2.05) is 30.3 Å². The number of carbonyl (C=O) groups is 1. The molecule has 0 aliphatic carbocycles. The van der Waals surface area contributed by atoms with Crippen LogP contribution in [0.4, 0.5) is 23.3 Å². The first-order valence-corrected chi connectivity index (χ1v) is 11.5. The summed E-state index contributed by atoms with van der Waals surface area (Å²) < 4.78 is 32.8. The van der Waals surface area contributed by atoms with Crippen LogP contribution >= 0.6 is 0 Å². The zero-order valence-electron chi connectivity index (χ0n) is 17.8. The highest BCUT2D eigenvalue weighted by molar-refractivity contribution is 7.92. The first-order chi connectivity index (χ1) is 16.4. The normalized spacial score (nSPS) is 10.9. The Labute approximate surface area is 195 Å². The molecule has 0 saturated carbocycles. The van der Waals surface area contributed by atoms with Crippen molar-refractivity contribution in [2.75, 3.05) is 15.8 Å². The minimum Gasteiger partial charge on any atom is -0.454 e. The Morgan fingerprint density at radius 3 is 2.26 bits per heavy atom. The van der Waals surface area contributed by atoms with E-state index in [2.05, 4.69) is 25.0 Å². The summed E-state index contributed by atoms with van der Waals surface area (Å²) >= 11 is 0. The quantitative estimate of drug-likeness (QED) is 0.325. The number of nitrogen functional groups attached to an aromatic ring is 1. The molecule has 172 valence electrons. The van der Waals surface area contributed by atoms with Gasteiger partial charge in [0, 0.05) is 11.4 Å². The number of esters is 1. The lowest BCUT2D eigenvalue weighted by atomic mass is 10.2. The molecule has 0 amide bonds. The van der Waals surface area contributed by atoms with Crippen molar-refractivity contribution in [1.82, 2.24) is 15.0 Å². The van der Waals surface area contributed by atoms with Gasteiger partial charge in [-0.1, -0.05) is 42.5 Å². The van der Waals surface area contributed by atoms with Crippen LogP contribution in [-0.4, -0.2) is 29.3 Å². The topological polar surface area (TPSA) is 149 Å². The van der Waals surface area contributed by atoms with E-state index in [1.54, 1.807) is 24.3 Å². The predicted molar refractivity (Wildman–Crippen MR) is 127 cm³/mol. The van der Waals surface area contributed by atoms with E-state index in [4.69, 9.17) is 10.5 Å². The fourth-order valence-corrected chi connectivity index (χ4v) is 4.02. The standard InChI is InChI=1S/C23H20N6O4S/c24-22-26-20(27-23(28-22)25-17-9-3-1-4-10-17)15-33-21(30)16-8-7-11-18(14-16)29-34(31,32)19-12-5-2-6-13-19/h1-14,29H,15H2,(H3,24,25,26,27,28). The Bertz CT molecular complexity index is 1400. The molecule has 34 heavy (non-hydrogen) atoms. The van der Waals surface area contributed by atoms with Crippen molar-refractivity contribution in [3.63, 3.8) is 0 Å². The van der Waals surface area contributed by atoms with Crippen molar-refractivity contribution in [3.8, 4) is 0 Å². The van der Waals surface area contributed by atoms with Crippen molar-refractivity contribution < 1.29 is 17.9 Å². The summed E-state index contributed by atoms with van der Waals surface area (Å²) in [6.07, 6.45) is 0. The van der Waals surface area contributed by atoms with Crippen molar-refractivity contribution in [2.45, 2.75) is 11.5 Å². The maximum atomic E-state index is 12.5. The average Bonchev–Trinajstić information content (AvgIpc) is 2.83. The zero-order valence-corrected chi connectivity index (χ0v) is 18.6. The molecule has 10 nitrogen and oxygen atoms in total. The second-order valence-corrected chi connectivity index (χ2v) is 8.68. The number of aromatic nitrogens is 3. The highest BCUT2D eigenvalue weighted by Crippen LogP contribution is 2.18. The molecular weight excluding hydrogens is 456 g/mol. The molecule has 0 aliphatic heterocycles. The first-order valence-electron chi connectivity index (χ1n) is 10.1. The number of sulfonamides is 1. The second kappa shape index (κ2) is 9.96. The van der Waals surface area contributed by atoms with Crippen LogP contribution in [0.3, 0.4) is 0 Å². The van der Waals surface area contributed by atoms with E-state index in [9.17, 15) is 13.2 Å². The van der Waals surface area contributed by atoms with E-state index < -0.39 is 16.0 Å². The molecule has 0 spiro atoms. The van der Waals surface area contributed by atoms with Gasteiger partial charge in [-0.25, -0.2) is 13.2 Å². The largest absolute Gasteiger partial charge is 0.454 e. The van der Waals surface area contributed by atoms with Crippen LogP contribution in [0.15, 0.2) is 89.8 Å². The van der Waals surface area contributed by atoms with Crippen molar-refractivity contribution >= 4 is 39.3 Å². The van der Waals surface area contributed by atoms with Gasteiger partial charge in [0.1, 0.15) is 0 Å². The van der Waals surface area contributed by atoms with E-state index in [0.717, 1.165) is 5.69 Å². The van der Waals surface area contributed by atoms with Crippen LogP contribution < -0.4 is 15.8 Å². The van der Waals surface area contributed by atoms with Crippen LogP contribution in [0, 0.1) is 0 Å². The summed E-state index contributed by atoms with van der Waals surface area (Å²) in [4.78, 5) is 24.9. The predicted octanol–water partition coefficient (Wildman–Crippen LogP) is 3.36. The Balaban J connectivity index is 1.43. The maximum Gasteiger partial charge on any atom is 0.338 e. The third kappa shape index (κ3) is 5.84. The van der Waals surface area contributed by atoms with Gasteiger partial charge < -0.3 is 15.8 Å². The molecule has 0 bridgehead atoms. The average molecular weight is 477 g/mol. The Kier molecular flexibility index (Phi) is 6.64. The van der Waals surface area contributed by atoms with Gasteiger partial charge in [-0.05, 0) is 42.5 Å². The smallest absolute Gasteiger partial charge is 0.338 e. The lowest BCUT2D eigenvalue weighted by Crippen LogP contribution is -2.14.